The SMILES string of the molecule is C=CC[C@@](C#N)(CC(C)=O)C(=O)O. The summed E-state index contributed by atoms with van der Waals surface area (Å²) in [6.07, 6.45) is 1.05. The molecule has 0 saturated carbocycles. The Morgan fingerprint density at radius 2 is 2.23 bits per heavy atom. The Labute approximate surface area is 76.5 Å². The molecule has 0 fully saturated rings. The molecule has 4 heteroatoms. The van der Waals surface area contributed by atoms with Crippen LogP contribution in [-0.4, -0.2) is 16.9 Å². The molecule has 13 heavy (non-hydrogen) atoms. The van der Waals surface area contributed by atoms with Gasteiger partial charge < -0.3 is 5.11 Å². The molecule has 0 aliphatic heterocycles. The van der Waals surface area contributed by atoms with Gasteiger partial charge in [-0.2, -0.15) is 5.26 Å². The summed E-state index contributed by atoms with van der Waals surface area (Å²) in [5, 5.41) is 17.5. The van der Waals surface area contributed by atoms with E-state index in [0.29, 0.717) is 0 Å². The number of nitrogens with zero attached hydrogens (tertiary/aromatic N) is 1. The predicted octanol–water partition coefficient (Wildman–Crippen LogP) is 1.14. The fourth-order valence-electron chi connectivity index (χ4n) is 1.04. The van der Waals surface area contributed by atoms with Crippen LogP contribution in [0.15, 0.2) is 12.7 Å². The van der Waals surface area contributed by atoms with Crippen LogP contribution in [0.3, 0.4) is 0 Å². The lowest BCUT2D eigenvalue weighted by atomic mass is 9.81. The van der Waals surface area contributed by atoms with Crippen LogP contribution in [0.4, 0.5) is 0 Å². The summed E-state index contributed by atoms with van der Waals surface area (Å²) in [6, 6.07) is 1.66. The summed E-state index contributed by atoms with van der Waals surface area (Å²) in [4.78, 5) is 21.5. The smallest absolute Gasteiger partial charge is 0.324 e. The van der Waals surface area contributed by atoms with Gasteiger partial charge in [0.25, 0.3) is 0 Å². The molecule has 0 aromatic heterocycles. The highest BCUT2D eigenvalue weighted by atomic mass is 16.4. The largest absolute Gasteiger partial charge is 0.480 e. The summed E-state index contributed by atoms with van der Waals surface area (Å²) in [6.45, 7) is 4.62. The maximum atomic E-state index is 10.8. The maximum absolute atomic E-state index is 10.8. The molecule has 70 valence electrons. The van der Waals surface area contributed by atoms with E-state index in [1.165, 1.54) is 13.0 Å². The molecule has 0 aliphatic rings. The van der Waals surface area contributed by atoms with Gasteiger partial charge in [-0.1, -0.05) is 6.08 Å². The minimum absolute atomic E-state index is 0.0155. The molecule has 0 aromatic rings. The van der Waals surface area contributed by atoms with E-state index < -0.39 is 11.4 Å². The van der Waals surface area contributed by atoms with Gasteiger partial charge in [0.05, 0.1) is 6.07 Å². The molecule has 0 spiro atoms. The number of carbonyl (C=O) groups is 2. The third-order valence-electron chi connectivity index (χ3n) is 1.67. The summed E-state index contributed by atoms with van der Waals surface area (Å²) in [5.41, 5.74) is -1.63. The Morgan fingerprint density at radius 1 is 1.69 bits per heavy atom. The Hall–Kier alpha value is -1.63. The molecule has 0 radical (unpaired) electrons. The van der Waals surface area contributed by atoms with Crippen LogP contribution in [0.5, 0.6) is 0 Å². The number of ketones is 1. The molecule has 0 aromatic carbocycles. The van der Waals surface area contributed by atoms with Crippen LogP contribution >= 0.6 is 0 Å². The van der Waals surface area contributed by atoms with Crippen molar-refractivity contribution in [2.75, 3.05) is 0 Å². The molecule has 1 atom stereocenters. The average molecular weight is 181 g/mol. The van der Waals surface area contributed by atoms with E-state index in [0.717, 1.165) is 0 Å². The third kappa shape index (κ3) is 2.71. The van der Waals surface area contributed by atoms with E-state index in [2.05, 4.69) is 6.58 Å². The van der Waals surface area contributed by atoms with Crippen LogP contribution < -0.4 is 0 Å². The van der Waals surface area contributed by atoms with Crippen molar-refractivity contribution in [3.8, 4) is 6.07 Å². The van der Waals surface area contributed by atoms with Gasteiger partial charge in [0.2, 0.25) is 0 Å². The first-order valence-electron chi connectivity index (χ1n) is 3.73. The van der Waals surface area contributed by atoms with Gasteiger partial charge in [-0.25, -0.2) is 0 Å². The van der Waals surface area contributed by atoms with Crippen LogP contribution in [0, 0.1) is 16.7 Å². The number of hydrogen-bond acceptors (Lipinski definition) is 3. The predicted molar refractivity (Wildman–Crippen MR) is 45.8 cm³/mol. The highest BCUT2D eigenvalue weighted by Gasteiger charge is 2.38. The quantitative estimate of drug-likeness (QED) is 0.645. The monoisotopic (exact) mass is 181 g/mol. The topological polar surface area (TPSA) is 78.2 Å². The molecule has 0 heterocycles. The summed E-state index contributed by atoms with van der Waals surface area (Å²) in [5.74, 6) is -1.59. The Balaban J connectivity index is 4.88. The summed E-state index contributed by atoms with van der Waals surface area (Å²) >= 11 is 0. The van der Waals surface area contributed by atoms with Crippen molar-refractivity contribution >= 4 is 11.8 Å². The molecule has 0 unspecified atom stereocenters. The second-order valence-corrected chi connectivity index (χ2v) is 2.87. The van der Waals surface area contributed by atoms with Gasteiger partial charge in [0.1, 0.15) is 5.78 Å². The second-order valence-electron chi connectivity index (χ2n) is 2.87. The normalized spacial score (nSPS) is 13.8. The fraction of sp³-hybridized carbons (Fsp3) is 0.444. The average Bonchev–Trinajstić information content (AvgIpc) is 2.02. The van der Waals surface area contributed by atoms with Gasteiger partial charge in [-0.15, -0.1) is 6.58 Å². The van der Waals surface area contributed by atoms with E-state index in [1.807, 2.05) is 0 Å². The molecule has 0 aliphatic carbocycles. The van der Waals surface area contributed by atoms with Crippen molar-refractivity contribution in [3.63, 3.8) is 0 Å². The minimum Gasteiger partial charge on any atom is -0.480 e. The molecular weight excluding hydrogens is 170 g/mol. The van der Waals surface area contributed by atoms with Crippen molar-refractivity contribution in [1.82, 2.24) is 0 Å². The summed E-state index contributed by atoms with van der Waals surface area (Å²) < 4.78 is 0. The van der Waals surface area contributed by atoms with Crippen molar-refractivity contribution in [2.45, 2.75) is 19.8 Å². The maximum Gasteiger partial charge on any atom is 0.324 e. The van der Waals surface area contributed by atoms with Gasteiger partial charge in [0, 0.05) is 6.42 Å². The second kappa shape index (κ2) is 4.41. The van der Waals surface area contributed by atoms with Crippen molar-refractivity contribution in [2.24, 2.45) is 5.41 Å². The van der Waals surface area contributed by atoms with Crippen LogP contribution in [-0.2, 0) is 9.59 Å². The fourth-order valence-corrected chi connectivity index (χ4v) is 1.04. The molecular formula is C9H11NO3. The van der Waals surface area contributed by atoms with E-state index in [9.17, 15) is 9.59 Å². The molecule has 0 amide bonds. The van der Waals surface area contributed by atoms with Gasteiger partial charge >= 0.3 is 5.97 Å². The number of carboxylic acids is 1. The zero-order valence-corrected chi connectivity index (χ0v) is 7.41. The van der Waals surface area contributed by atoms with E-state index in [-0.39, 0.29) is 18.6 Å². The number of carboxylic acid groups (broad SMARTS) is 1. The number of aliphatic carboxylic acids is 1. The Morgan fingerprint density at radius 3 is 2.46 bits per heavy atom. The Bertz CT molecular complexity index is 277. The zero-order chi connectivity index (χ0) is 10.5. The number of carbonyl (C=O) groups excluding carboxylic acids is 1. The van der Waals surface area contributed by atoms with Gasteiger partial charge in [-0.3, -0.25) is 9.59 Å². The first-order valence-corrected chi connectivity index (χ1v) is 3.73. The van der Waals surface area contributed by atoms with Crippen LogP contribution in [0.1, 0.15) is 19.8 Å². The zero-order valence-electron chi connectivity index (χ0n) is 7.41. The highest BCUT2D eigenvalue weighted by Crippen LogP contribution is 2.26. The first kappa shape index (κ1) is 11.4. The molecule has 0 bridgehead atoms. The number of Topliss-reactive ketones (excluding diaryl/α,β-unsaturated/α-hetero) is 1. The van der Waals surface area contributed by atoms with E-state index >= 15 is 0 Å². The molecule has 0 saturated heterocycles. The lowest BCUT2D eigenvalue weighted by molar-refractivity contribution is -0.147. The lowest BCUT2D eigenvalue weighted by Gasteiger charge is -2.17. The summed E-state index contributed by atoms with van der Waals surface area (Å²) in [7, 11) is 0. The molecule has 1 N–H and O–H groups in total. The van der Waals surface area contributed by atoms with Crippen LogP contribution in [0.2, 0.25) is 0 Å². The highest BCUT2D eigenvalue weighted by molar-refractivity contribution is 5.87. The third-order valence-corrected chi connectivity index (χ3v) is 1.67. The van der Waals surface area contributed by atoms with Crippen molar-refractivity contribution in [3.05, 3.63) is 12.7 Å². The minimum atomic E-state index is -1.63. The van der Waals surface area contributed by atoms with E-state index in [4.69, 9.17) is 10.4 Å². The van der Waals surface area contributed by atoms with Crippen molar-refractivity contribution in [1.29, 1.82) is 5.26 Å². The number of nitriles is 1. The Kier molecular flexibility index (Phi) is 3.86. The number of allylic oxidation sites excluding steroid dienone is 1. The van der Waals surface area contributed by atoms with E-state index in [1.54, 1.807) is 6.07 Å². The number of hydrogen-bond donors (Lipinski definition) is 1. The van der Waals surface area contributed by atoms with Crippen LogP contribution in [0.25, 0.3) is 0 Å². The van der Waals surface area contributed by atoms with Crippen molar-refractivity contribution < 1.29 is 14.7 Å². The van der Waals surface area contributed by atoms with Gasteiger partial charge in [-0.05, 0) is 13.3 Å². The number of rotatable bonds is 5. The van der Waals surface area contributed by atoms with Gasteiger partial charge in [0.15, 0.2) is 5.41 Å². The molecule has 4 nitrogen and oxygen atoms in total. The first-order chi connectivity index (χ1) is 5.98. The standard InChI is InChI=1S/C9H11NO3/c1-3-4-9(6-10,8(12)13)5-7(2)11/h3H,1,4-5H2,2H3,(H,12,13)/t9-/m0/s1. The molecule has 0 rings (SSSR count). The lowest BCUT2D eigenvalue weighted by Crippen LogP contribution is -2.31.